The molecule has 0 spiro atoms. The lowest BCUT2D eigenvalue weighted by Gasteiger charge is -2.31. The zero-order valence-electron chi connectivity index (χ0n) is 9.70. The molecule has 0 amide bonds. The molecular formula is C14H19FO. The molecule has 1 nitrogen and oxygen atoms in total. The van der Waals surface area contributed by atoms with E-state index in [9.17, 15) is 9.50 Å². The molecule has 16 heavy (non-hydrogen) atoms. The van der Waals surface area contributed by atoms with Gasteiger partial charge in [-0.3, -0.25) is 0 Å². The Morgan fingerprint density at radius 3 is 2.81 bits per heavy atom. The van der Waals surface area contributed by atoms with Crippen molar-refractivity contribution >= 4 is 0 Å². The van der Waals surface area contributed by atoms with Gasteiger partial charge in [0, 0.05) is 0 Å². The van der Waals surface area contributed by atoms with Gasteiger partial charge in [0.15, 0.2) is 0 Å². The zero-order chi connectivity index (χ0) is 11.5. The van der Waals surface area contributed by atoms with Crippen LogP contribution in [-0.4, -0.2) is 11.2 Å². The minimum Gasteiger partial charge on any atom is -0.393 e. The van der Waals surface area contributed by atoms with Gasteiger partial charge in [0.1, 0.15) is 5.82 Å². The van der Waals surface area contributed by atoms with Crippen molar-refractivity contribution < 1.29 is 9.50 Å². The van der Waals surface area contributed by atoms with E-state index in [1.165, 1.54) is 6.07 Å². The van der Waals surface area contributed by atoms with Crippen molar-refractivity contribution in [2.24, 2.45) is 11.8 Å². The number of aliphatic hydroxyl groups excluding tert-OH is 1. The average Bonchev–Trinajstić information content (AvgIpc) is 2.27. The van der Waals surface area contributed by atoms with E-state index >= 15 is 0 Å². The van der Waals surface area contributed by atoms with Gasteiger partial charge in [-0.15, -0.1) is 0 Å². The first-order chi connectivity index (χ1) is 7.66. The number of aliphatic hydroxyl groups is 1. The Hall–Kier alpha value is -0.890. The molecule has 1 saturated carbocycles. The van der Waals surface area contributed by atoms with Crippen LogP contribution in [-0.2, 0) is 6.42 Å². The maximum atomic E-state index is 13.5. The van der Waals surface area contributed by atoms with Crippen molar-refractivity contribution in [1.82, 2.24) is 0 Å². The second-order valence-corrected chi connectivity index (χ2v) is 5.04. The molecule has 1 aliphatic rings. The van der Waals surface area contributed by atoms with Gasteiger partial charge in [-0.05, 0) is 49.1 Å². The summed E-state index contributed by atoms with van der Waals surface area (Å²) in [6.07, 6.45) is 3.37. The van der Waals surface area contributed by atoms with Crippen LogP contribution < -0.4 is 0 Å². The monoisotopic (exact) mass is 222 g/mol. The average molecular weight is 222 g/mol. The lowest BCUT2D eigenvalue weighted by molar-refractivity contribution is 0.0515. The quantitative estimate of drug-likeness (QED) is 0.815. The zero-order valence-corrected chi connectivity index (χ0v) is 9.70. The molecule has 88 valence electrons. The first kappa shape index (κ1) is 11.6. The Morgan fingerprint density at radius 2 is 2.06 bits per heavy atom. The van der Waals surface area contributed by atoms with Gasteiger partial charge in [0.25, 0.3) is 0 Å². The number of benzene rings is 1. The molecule has 0 bridgehead atoms. The molecule has 1 aromatic rings. The van der Waals surface area contributed by atoms with Crippen LogP contribution in [0.1, 0.15) is 31.7 Å². The summed E-state index contributed by atoms with van der Waals surface area (Å²) in [6, 6.07) is 6.88. The Bertz CT molecular complexity index is 350. The van der Waals surface area contributed by atoms with Crippen LogP contribution in [0.2, 0.25) is 0 Å². The summed E-state index contributed by atoms with van der Waals surface area (Å²) >= 11 is 0. The van der Waals surface area contributed by atoms with E-state index in [1.54, 1.807) is 6.07 Å². The Morgan fingerprint density at radius 1 is 1.31 bits per heavy atom. The fourth-order valence-corrected chi connectivity index (χ4v) is 2.65. The highest BCUT2D eigenvalue weighted by Crippen LogP contribution is 2.31. The molecule has 0 radical (unpaired) electrons. The molecule has 1 fully saturated rings. The van der Waals surface area contributed by atoms with Gasteiger partial charge in [-0.1, -0.05) is 25.1 Å². The van der Waals surface area contributed by atoms with E-state index in [-0.39, 0.29) is 17.8 Å². The van der Waals surface area contributed by atoms with Crippen LogP contribution in [0.3, 0.4) is 0 Å². The van der Waals surface area contributed by atoms with E-state index in [1.807, 2.05) is 12.1 Å². The van der Waals surface area contributed by atoms with E-state index in [4.69, 9.17) is 0 Å². The molecule has 0 aliphatic heterocycles. The summed E-state index contributed by atoms with van der Waals surface area (Å²) in [4.78, 5) is 0. The predicted molar refractivity (Wildman–Crippen MR) is 62.6 cm³/mol. The van der Waals surface area contributed by atoms with Crippen LogP contribution in [0.5, 0.6) is 0 Å². The normalized spacial score (nSPS) is 30.3. The van der Waals surface area contributed by atoms with E-state index in [0.717, 1.165) is 24.8 Å². The summed E-state index contributed by atoms with van der Waals surface area (Å²) in [7, 11) is 0. The van der Waals surface area contributed by atoms with Gasteiger partial charge in [-0.2, -0.15) is 0 Å². The molecule has 1 aliphatic carbocycles. The van der Waals surface area contributed by atoms with Crippen molar-refractivity contribution in [3.63, 3.8) is 0 Å². The lowest BCUT2D eigenvalue weighted by atomic mass is 9.77. The van der Waals surface area contributed by atoms with Crippen LogP contribution in [0.25, 0.3) is 0 Å². The van der Waals surface area contributed by atoms with Gasteiger partial charge in [0.05, 0.1) is 6.10 Å². The molecule has 1 aromatic carbocycles. The standard InChI is InChI=1S/C14H19FO/c1-10-6-7-14(16)12(8-10)9-11-4-2-3-5-13(11)15/h2-5,10,12,14,16H,6-9H2,1H3. The molecule has 0 aromatic heterocycles. The van der Waals surface area contributed by atoms with Crippen molar-refractivity contribution in [2.45, 2.75) is 38.7 Å². The third-order valence-corrected chi connectivity index (χ3v) is 3.64. The minimum atomic E-state index is -0.254. The Labute approximate surface area is 96.3 Å². The topological polar surface area (TPSA) is 20.2 Å². The van der Waals surface area contributed by atoms with Gasteiger partial charge in [-0.25, -0.2) is 4.39 Å². The summed E-state index contributed by atoms with van der Waals surface area (Å²) in [5, 5.41) is 9.92. The first-order valence-corrected chi connectivity index (χ1v) is 6.08. The fourth-order valence-electron chi connectivity index (χ4n) is 2.65. The molecule has 0 saturated heterocycles. The van der Waals surface area contributed by atoms with E-state index in [0.29, 0.717) is 12.3 Å². The number of hydrogen-bond donors (Lipinski definition) is 1. The summed E-state index contributed by atoms with van der Waals surface area (Å²) in [5.74, 6) is 0.730. The van der Waals surface area contributed by atoms with Gasteiger partial charge < -0.3 is 5.11 Å². The third-order valence-electron chi connectivity index (χ3n) is 3.64. The highest BCUT2D eigenvalue weighted by Gasteiger charge is 2.27. The fraction of sp³-hybridized carbons (Fsp3) is 0.571. The van der Waals surface area contributed by atoms with Gasteiger partial charge >= 0.3 is 0 Å². The molecule has 3 unspecified atom stereocenters. The van der Waals surface area contributed by atoms with E-state index < -0.39 is 0 Å². The second-order valence-electron chi connectivity index (χ2n) is 5.04. The first-order valence-electron chi connectivity index (χ1n) is 6.08. The molecule has 2 rings (SSSR count). The molecule has 3 atom stereocenters. The molecule has 1 N–H and O–H groups in total. The highest BCUT2D eigenvalue weighted by molar-refractivity contribution is 5.18. The Balaban J connectivity index is 2.06. The van der Waals surface area contributed by atoms with Crippen LogP contribution >= 0.6 is 0 Å². The van der Waals surface area contributed by atoms with E-state index in [2.05, 4.69) is 6.92 Å². The summed E-state index contributed by atoms with van der Waals surface area (Å²) < 4.78 is 13.5. The summed E-state index contributed by atoms with van der Waals surface area (Å²) in [6.45, 7) is 2.21. The Kier molecular flexibility index (Phi) is 3.59. The number of rotatable bonds is 2. The SMILES string of the molecule is CC1CCC(O)C(Cc2ccccc2F)C1. The number of hydrogen-bond acceptors (Lipinski definition) is 1. The van der Waals surface area contributed by atoms with Gasteiger partial charge in [0.2, 0.25) is 0 Å². The smallest absolute Gasteiger partial charge is 0.126 e. The molecule has 2 heteroatoms. The second kappa shape index (κ2) is 4.96. The largest absolute Gasteiger partial charge is 0.393 e. The summed E-state index contributed by atoms with van der Waals surface area (Å²) in [5.41, 5.74) is 0.737. The van der Waals surface area contributed by atoms with Crippen LogP contribution in [0.15, 0.2) is 24.3 Å². The van der Waals surface area contributed by atoms with Crippen LogP contribution in [0, 0.1) is 17.7 Å². The molecular weight excluding hydrogens is 203 g/mol. The number of halogens is 1. The van der Waals surface area contributed by atoms with Crippen molar-refractivity contribution in [3.8, 4) is 0 Å². The maximum Gasteiger partial charge on any atom is 0.126 e. The third kappa shape index (κ3) is 2.62. The lowest BCUT2D eigenvalue weighted by Crippen LogP contribution is -2.29. The van der Waals surface area contributed by atoms with Crippen molar-refractivity contribution in [3.05, 3.63) is 35.6 Å². The van der Waals surface area contributed by atoms with Crippen LogP contribution in [0.4, 0.5) is 4.39 Å². The van der Waals surface area contributed by atoms with Crippen molar-refractivity contribution in [2.75, 3.05) is 0 Å². The minimum absolute atomic E-state index is 0.145. The molecule has 0 heterocycles. The predicted octanol–water partition coefficient (Wildman–Crippen LogP) is 3.17. The maximum absolute atomic E-state index is 13.5. The highest BCUT2D eigenvalue weighted by atomic mass is 19.1. The van der Waals surface area contributed by atoms with Crippen molar-refractivity contribution in [1.29, 1.82) is 0 Å².